The minimum absolute atomic E-state index is 0.00913. The van der Waals surface area contributed by atoms with Crippen LogP contribution < -0.4 is 5.32 Å². The van der Waals surface area contributed by atoms with Gasteiger partial charge in [0.1, 0.15) is 12.4 Å². The number of rotatable bonds is 6. The zero-order valence-corrected chi connectivity index (χ0v) is 18.8. The van der Waals surface area contributed by atoms with Crippen molar-refractivity contribution in [3.05, 3.63) is 11.8 Å². The second-order valence-corrected chi connectivity index (χ2v) is 10.0. The van der Waals surface area contributed by atoms with E-state index < -0.39 is 0 Å². The molecule has 0 radical (unpaired) electrons. The maximum Gasteiger partial charge on any atom is 0.245 e. The summed E-state index contributed by atoms with van der Waals surface area (Å²) in [6.07, 6.45) is 0.444. The molecule has 1 rings (SSSR count). The molecule has 0 atom stereocenters. The maximum atomic E-state index is 12.7. The Labute approximate surface area is 164 Å². The molecule has 2 amide bonds. The van der Waals surface area contributed by atoms with E-state index in [-0.39, 0.29) is 41.3 Å². The third-order valence-electron chi connectivity index (χ3n) is 4.22. The normalized spacial score (nSPS) is 12.6. The molecule has 0 unspecified atom stereocenters. The molecule has 1 heterocycles. The van der Waals surface area contributed by atoms with Crippen molar-refractivity contribution in [3.63, 3.8) is 0 Å². The Balaban J connectivity index is 3.04. The number of nitrogens with one attached hydrogen (secondary N) is 1. The highest BCUT2D eigenvalue weighted by molar-refractivity contribution is 5.94. The molecule has 0 aliphatic rings. The number of amides is 2. The Bertz CT molecular complexity index is 661. The lowest BCUT2D eigenvalue weighted by atomic mass is 9.92. The highest BCUT2D eigenvalue weighted by Crippen LogP contribution is 2.28. The number of nitrogens with zero attached hydrogens (tertiary/aromatic N) is 3. The summed E-state index contributed by atoms with van der Waals surface area (Å²) >= 11 is 0. The number of hydrogen-bond acceptors (Lipinski definition) is 3. The van der Waals surface area contributed by atoms with Crippen molar-refractivity contribution in [1.29, 1.82) is 0 Å². The summed E-state index contributed by atoms with van der Waals surface area (Å²) in [6.45, 7) is 20.4. The standard InChI is InChI=1S/C21H38N4O2/c1-14(2)11-19(27)24(15(3)4)13-18(26)22-17-12-16(20(5,6)7)23-25(17)21(8,9)10/h12,14-15H,11,13H2,1-10H3,(H,22,26). The molecule has 0 saturated carbocycles. The van der Waals surface area contributed by atoms with Crippen LogP contribution in [0, 0.1) is 5.92 Å². The van der Waals surface area contributed by atoms with Crippen LogP contribution in [0.5, 0.6) is 0 Å². The first-order valence-corrected chi connectivity index (χ1v) is 9.83. The van der Waals surface area contributed by atoms with Gasteiger partial charge in [-0.1, -0.05) is 34.6 Å². The van der Waals surface area contributed by atoms with Crippen molar-refractivity contribution in [1.82, 2.24) is 14.7 Å². The van der Waals surface area contributed by atoms with Gasteiger partial charge in [0.05, 0.1) is 11.2 Å². The van der Waals surface area contributed by atoms with Crippen molar-refractivity contribution >= 4 is 17.6 Å². The van der Waals surface area contributed by atoms with E-state index >= 15 is 0 Å². The summed E-state index contributed by atoms with van der Waals surface area (Å²) in [4.78, 5) is 26.8. The predicted octanol–water partition coefficient (Wildman–Crippen LogP) is 4.16. The van der Waals surface area contributed by atoms with Crippen LogP contribution in [0.25, 0.3) is 0 Å². The van der Waals surface area contributed by atoms with Crippen LogP contribution in [0.15, 0.2) is 6.07 Å². The summed E-state index contributed by atoms with van der Waals surface area (Å²) in [5.41, 5.74) is 0.536. The lowest BCUT2D eigenvalue weighted by Gasteiger charge is -2.27. The topological polar surface area (TPSA) is 67.2 Å². The third-order valence-corrected chi connectivity index (χ3v) is 4.22. The minimum Gasteiger partial charge on any atom is -0.331 e. The molecule has 1 aromatic heterocycles. The molecule has 0 fully saturated rings. The van der Waals surface area contributed by atoms with Crippen LogP contribution in [0.3, 0.4) is 0 Å². The molecule has 0 aromatic carbocycles. The van der Waals surface area contributed by atoms with Crippen LogP contribution in [-0.2, 0) is 20.5 Å². The Kier molecular flexibility index (Phi) is 7.25. The van der Waals surface area contributed by atoms with Gasteiger partial charge in [0, 0.05) is 23.9 Å². The van der Waals surface area contributed by atoms with Crippen molar-refractivity contribution in [3.8, 4) is 0 Å². The molecule has 0 spiro atoms. The Hall–Kier alpha value is -1.85. The second kappa shape index (κ2) is 8.44. The molecular weight excluding hydrogens is 340 g/mol. The summed E-state index contributed by atoms with van der Waals surface area (Å²) in [7, 11) is 0. The van der Waals surface area contributed by atoms with Gasteiger partial charge >= 0.3 is 0 Å². The molecule has 0 aliphatic carbocycles. The number of anilines is 1. The number of aromatic nitrogens is 2. The lowest BCUT2D eigenvalue weighted by molar-refractivity contribution is -0.137. The monoisotopic (exact) mass is 378 g/mol. The Morgan fingerprint density at radius 2 is 1.67 bits per heavy atom. The fourth-order valence-electron chi connectivity index (χ4n) is 2.71. The molecule has 1 N–H and O–H groups in total. The van der Waals surface area contributed by atoms with Gasteiger partial charge in [-0.3, -0.25) is 9.59 Å². The third kappa shape index (κ3) is 6.67. The van der Waals surface area contributed by atoms with Gasteiger partial charge in [0.25, 0.3) is 0 Å². The fourth-order valence-corrected chi connectivity index (χ4v) is 2.71. The molecule has 0 bridgehead atoms. The largest absolute Gasteiger partial charge is 0.331 e. The van der Waals surface area contributed by atoms with Gasteiger partial charge in [-0.05, 0) is 40.5 Å². The van der Waals surface area contributed by atoms with Crippen LogP contribution in [0.1, 0.15) is 81.4 Å². The fraction of sp³-hybridized carbons (Fsp3) is 0.762. The summed E-state index contributed by atoms with van der Waals surface area (Å²) in [5.74, 6) is 0.734. The quantitative estimate of drug-likeness (QED) is 0.808. The molecule has 6 nitrogen and oxygen atoms in total. The predicted molar refractivity (Wildman–Crippen MR) is 111 cm³/mol. The first-order valence-electron chi connectivity index (χ1n) is 9.83. The first-order chi connectivity index (χ1) is 12.1. The smallest absolute Gasteiger partial charge is 0.245 e. The van der Waals surface area contributed by atoms with Crippen LogP contribution in [0.2, 0.25) is 0 Å². The first kappa shape index (κ1) is 23.2. The average molecular weight is 379 g/mol. The minimum atomic E-state index is -0.267. The van der Waals surface area contributed by atoms with Crippen LogP contribution in [0.4, 0.5) is 5.82 Å². The van der Waals surface area contributed by atoms with E-state index in [1.165, 1.54) is 0 Å². The molecular formula is C21H38N4O2. The number of carbonyl (C=O) groups excluding carboxylic acids is 2. The van der Waals surface area contributed by atoms with E-state index in [2.05, 4.69) is 46.9 Å². The van der Waals surface area contributed by atoms with E-state index in [4.69, 9.17) is 5.10 Å². The Morgan fingerprint density at radius 1 is 1.11 bits per heavy atom. The maximum absolute atomic E-state index is 12.7. The van der Waals surface area contributed by atoms with Crippen molar-refractivity contribution < 1.29 is 9.59 Å². The molecule has 1 aromatic rings. The van der Waals surface area contributed by atoms with Gasteiger partial charge in [-0.2, -0.15) is 5.10 Å². The lowest BCUT2D eigenvalue weighted by Crippen LogP contribution is -2.43. The van der Waals surface area contributed by atoms with E-state index in [0.717, 1.165) is 5.69 Å². The van der Waals surface area contributed by atoms with Gasteiger partial charge in [0.15, 0.2) is 0 Å². The van der Waals surface area contributed by atoms with Gasteiger partial charge < -0.3 is 10.2 Å². The summed E-state index contributed by atoms with van der Waals surface area (Å²) in [6, 6.07) is 1.90. The van der Waals surface area contributed by atoms with Crippen molar-refractivity contribution in [2.24, 2.45) is 5.92 Å². The van der Waals surface area contributed by atoms with Crippen molar-refractivity contribution in [2.75, 3.05) is 11.9 Å². The number of carbonyl (C=O) groups is 2. The Morgan fingerprint density at radius 3 is 2.07 bits per heavy atom. The van der Waals surface area contributed by atoms with E-state index in [9.17, 15) is 9.59 Å². The summed E-state index contributed by atoms with van der Waals surface area (Å²) < 4.78 is 1.85. The van der Waals surface area contributed by atoms with Crippen LogP contribution >= 0.6 is 0 Å². The molecule has 6 heteroatoms. The van der Waals surface area contributed by atoms with Crippen molar-refractivity contribution in [2.45, 2.75) is 92.7 Å². The zero-order chi connectivity index (χ0) is 21.2. The highest BCUT2D eigenvalue weighted by atomic mass is 16.2. The molecule has 0 aliphatic heterocycles. The van der Waals surface area contributed by atoms with E-state index in [1.54, 1.807) is 4.90 Å². The molecule has 0 saturated heterocycles. The SMILES string of the molecule is CC(C)CC(=O)N(CC(=O)Nc1cc(C(C)(C)C)nn1C(C)(C)C)C(C)C. The van der Waals surface area contributed by atoms with Crippen LogP contribution in [-0.4, -0.2) is 39.1 Å². The average Bonchev–Trinajstić information content (AvgIpc) is 2.87. The van der Waals surface area contributed by atoms with Gasteiger partial charge in [-0.15, -0.1) is 0 Å². The zero-order valence-electron chi connectivity index (χ0n) is 18.8. The number of hydrogen-bond donors (Lipinski definition) is 1. The summed E-state index contributed by atoms with van der Waals surface area (Å²) in [5, 5.41) is 7.69. The van der Waals surface area contributed by atoms with E-state index in [1.807, 2.05) is 38.4 Å². The van der Waals surface area contributed by atoms with Gasteiger partial charge in [0.2, 0.25) is 11.8 Å². The second-order valence-electron chi connectivity index (χ2n) is 10.0. The van der Waals surface area contributed by atoms with Gasteiger partial charge in [-0.25, -0.2) is 4.68 Å². The molecule has 154 valence electrons. The highest BCUT2D eigenvalue weighted by Gasteiger charge is 2.27. The molecule has 27 heavy (non-hydrogen) atoms. The van der Waals surface area contributed by atoms with E-state index in [0.29, 0.717) is 12.2 Å².